The number of esters is 1. The molecule has 0 unspecified atom stereocenters. The number of likely N-dealkylation sites (tertiary alicyclic amines) is 1. The fourth-order valence-corrected chi connectivity index (χ4v) is 2.57. The Balaban J connectivity index is 2.09. The third-order valence-electron chi connectivity index (χ3n) is 3.56. The molecule has 0 atom stereocenters. The number of nitrogens with zero attached hydrogens (tertiary/aromatic N) is 1. The number of carbonyl (C=O) groups excluding carboxylic acids is 2. The Morgan fingerprint density at radius 3 is 2.38 bits per heavy atom. The summed E-state index contributed by atoms with van der Waals surface area (Å²) in [4.78, 5) is 25.1. The maximum absolute atomic E-state index is 13.2. The minimum Gasteiger partial charge on any atom is -0.469 e. The van der Waals surface area contributed by atoms with Gasteiger partial charge in [-0.05, 0) is 25.0 Å². The SMILES string of the molecule is COC(=O)C1CCN(C(=O)c2cc(F)c(F)cc2Cl)CC1. The number of ether oxygens (including phenoxy) is 1. The lowest BCUT2D eigenvalue weighted by Crippen LogP contribution is -2.40. The first kappa shape index (κ1) is 15.7. The lowest BCUT2D eigenvalue weighted by Gasteiger charge is -2.31. The average Bonchev–Trinajstić information content (AvgIpc) is 2.49. The van der Waals surface area contributed by atoms with Crippen LogP contribution in [-0.4, -0.2) is 37.0 Å². The van der Waals surface area contributed by atoms with E-state index in [9.17, 15) is 18.4 Å². The second-order valence-electron chi connectivity index (χ2n) is 4.84. The quantitative estimate of drug-likeness (QED) is 0.622. The Bertz CT molecular complexity index is 572. The van der Waals surface area contributed by atoms with Crippen molar-refractivity contribution in [3.05, 3.63) is 34.4 Å². The van der Waals surface area contributed by atoms with Gasteiger partial charge in [0, 0.05) is 13.1 Å². The van der Waals surface area contributed by atoms with E-state index in [0.717, 1.165) is 12.1 Å². The van der Waals surface area contributed by atoms with E-state index in [4.69, 9.17) is 11.6 Å². The average molecular weight is 318 g/mol. The van der Waals surface area contributed by atoms with Gasteiger partial charge in [-0.1, -0.05) is 11.6 Å². The lowest BCUT2D eigenvalue weighted by molar-refractivity contribution is -0.146. The van der Waals surface area contributed by atoms with Crippen molar-refractivity contribution in [1.82, 2.24) is 4.90 Å². The predicted molar refractivity (Wildman–Crippen MR) is 72.0 cm³/mol. The van der Waals surface area contributed by atoms with Crippen molar-refractivity contribution in [2.24, 2.45) is 5.92 Å². The number of hydrogen-bond acceptors (Lipinski definition) is 3. The van der Waals surface area contributed by atoms with Gasteiger partial charge in [-0.2, -0.15) is 0 Å². The number of halogens is 3. The molecule has 7 heteroatoms. The van der Waals surface area contributed by atoms with Crippen LogP contribution in [0.4, 0.5) is 8.78 Å². The highest BCUT2D eigenvalue weighted by Crippen LogP contribution is 2.25. The Hall–Kier alpha value is -1.69. The van der Waals surface area contributed by atoms with Crippen LogP contribution in [0, 0.1) is 17.6 Å². The Kier molecular flexibility index (Phi) is 4.77. The number of hydrogen-bond donors (Lipinski definition) is 0. The number of carbonyl (C=O) groups is 2. The van der Waals surface area contributed by atoms with E-state index in [2.05, 4.69) is 4.74 Å². The normalized spacial score (nSPS) is 15.9. The number of amides is 1. The van der Waals surface area contributed by atoms with E-state index < -0.39 is 17.5 Å². The smallest absolute Gasteiger partial charge is 0.308 e. The van der Waals surface area contributed by atoms with Gasteiger partial charge in [-0.25, -0.2) is 8.78 Å². The van der Waals surface area contributed by atoms with Gasteiger partial charge in [0.15, 0.2) is 11.6 Å². The number of benzene rings is 1. The molecule has 1 saturated heterocycles. The molecule has 0 radical (unpaired) electrons. The monoisotopic (exact) mass is 317 g/mol. The first-order valence-electron chi connectivity index (χ1n) is 6.45. The Labute approximate surface area is 125 Å². The summed E-state index contributed by atoms with van der Waals surface area (Å²) in [6.07, 6.45) is 0.944. The maximum atomic E-state index is 13.2. The molecule has 1 aromatic rings. The summed E-state index contributed by atoms with van der Waals surface area (Å²) in [5.74, 6) is -3.22. The van der Waals surface area contributed by atoms with Gasteiger partial charge >= 0.3 is 5.97 Å². The van der Waals surface area contributed by atoms with Crippen molar-refractivity contribution in [1.29, 1.82) is 0 Å². The standard InChI is InChI=1S/C14H14ClF2NO3/c1-21-14(20)8-2-4-18(5-3-8)13(19)9-6-11(16)12(17)7-10(9)15/h6-8H,2-5H2,1H3. The van der Waals surface area contributed by atoms with Gasteiger partial charge in [0.05, 0.1) is 23.6 Å². The van der Waals surface area contributed by atoms with Gasteiger partial charge in [0.1, 0.15) is 0 Å². The zero-order valence-electron chi connectivity index (χ0n) is 11.4. The van der Waals surface area contributed by atoms with E-state index in [-0.39, 0.29) is 22.5 Å². The summed E-state index contributed by atoms with van der Waals surface area (Å²) in [5, 5.41) is -0.131. The number of piperidine rings is 1. The van der Waals surface area contributed by atoms with E-state index in [1.807, 2.05) is 0 Å². The molecule has 0 saturated carbocycles. The van der Waals surface area contributed by atoms with Gasteiger partial charge in [-0.15, -0.1) is 0 Å². The zero-order valence-corrected chi connectivity index (χ0v) is 12.1. The molecule has 1 heterocycles. The van der Waals surface area contributed by atoms with Crippen molar-refractivity contribution in [2.75, 3.05) is 20.2 Å². The molecular weight excluding hydrogens is 304 g/mol. The van der Waals surface area contributed by atoms with Crippen LogP contribution in [0.25, 0.3) is 0 Å². The summed E-state index contributed by atoms with van der Waals surface area (Å²) in [7, 11) is 1.32. The van der Waals surface area contributed by atoms with Crippen LogP contribution in [0.3, 0.4) is 0 Å². The van der Waals surface area contributed by atoms with Crippen LogP contribution >= 0.6 is 11.6 Å². The Morgan fingerprint density at radius 2 is 1.81 bits per heavy atom. The minimum atomic E-state index is -1.12. The largest absolute Gasteiger partial charge is 0.469 e. The number of methoxy groups -OCH3 is 1. The molecule has 0 bridgehead atoms. The van der Waals surface area contributed by atoms with Crippen molar-refractivity contribution in [3.63, 3.8) is 0 Å². The first-order chi connectivity index (χ1) is 9.93. The molecule has 1 amide bonds. The molecule has 0 N–H and O–H groups in total. The molecule has 4 nitrogen and oxygen atoms in total. The summed E-state index contributed by atoms with van der Waals surface area (Å²) < 4.78 is 30.9. The van der Waals surface area contributed by atoms with Gasteiger partial charge in [-0.3, -0.25) is 9.59 Å². The third-order valence-corrected chi connectivity index (χ3v) is 3.87. The van der Waals surface area contributed by atoms with Gasteiger partial charge < -0.3 is 9.64 Å². The van der Waals surface area contributed by atoms with Crippen LogP contribution in [-0.2, 0) is 9.53 Å². The molecule has 0 aliphatic carbocycles. The molecule has 114 valence electrons. The van der Waals surface area contributed by atoms with Crippen LogP contribution in [0.15, 0.2) is 12.1 Å². The molecule has 0 aromatic heterocycles. The molecule has 21 heavy (non-hydrogen) atoms. The van der Waals surface area contributed by atoms with Crippen LogP contribution in [0.2, 0.25) is 5.02 Å². The van der Waals surface area contributed by atoms with Crippen molar-refractivity contribution < 1.29 is 23.1 Å². The fraction of sp³-hybridized carbons (Fsp3) is 0.429. The van der Waals surface area contributed by atoms with Crippen molar-refractivity contribution in [3.8, 4) is 0 Å². The van der Waals surface area contributed by atoms with E-state index >= 15 is 0 Å². The molecule has 1 aliphatic heterocycles. The minimum absolute atomic E-state index is 0.0768. The predicted octanol–water partition coefficient (Wildman–Crippen LogP) is 2.64. The maximum Gasteiger partial charge on any atom is 0.308 e. The van der Waals surface area contributed by atoms with Crippen LogP contribution < -0.4 is 0 Å². The molecule has 1 aliphatic rings. The van der Waals surface area contributed by atoms with Crippen LogP contribution in [0.1, 0.15) is 23.2 Å². The second-order valence-corrected chi connectivity index (χ2v) is 5.24. The third kappa shape index (κ3) is 3.32. The second kappa shape index (κ2) is 6.39. The highest BCUT2D eigenvalue weighted by molar-refractivity contribution is 6.33. The lowest BCUT2D eigenvalue weighted by atomic mass is 9.96. The van der Waals surface area contributed by atoms with Gasteiger partial charge in [0.25, 0.3) is 5.91 Å². The Morgan fingerprint density at radius 1 is 1.24 bits per heavy atom. The van der Waals surface area contributed by atoms with Crippen molar-refractivity contribution >= 4 is 23.5 Å². The van der Waals surface area contributed by atoms with E-state index in [1.54, 1.807) is 0 Å². The summed E-state index contributed by atoms with van der Waals surface area (Å²) >= 11 is 5.79. The first-order valence-corrected chi connectivity index (χ1v) is 6.83. The molecule has 2 rings (SSSR count). The van der Waals surface area contributed by atoms with Gasteiger partial charge in [0.2, 0.25) is 0 Å². The van der Waals surface area contributed by atoms with E-state index in [0.29, 0.717) is 25.9 Å². The molecule has 0 spiro atoms. The topological polar surface area (TPSA) is 46.6 Å². The van der Waals surface area contributed by atoms with Crippen molar-refractivity contribution in [2.45, 2.75) is 12.8 Å². The molecule has 1 aromatic carbocycles. The fourth-order valence-electron chi connectivity index (χ4n) is 2.34. The summed E-state index contributed by atoms with van der Waals surface area (Å²) in [5.41, 5.74) is -0.0768. The summed E-state index contributed by atoms with van der Waals surface area (Å²) in [6, 6.07) is 1.58. The number of rotatable bonds is 2. The highest BCUT2D eigenvalue weighted by atomic mass is 35.5. The molecular formula is C14H14ClF2NO3. The summed E-state index contributed by atoms with van der Waals surface area (Å²) in [6.45, 7) is 0.682. The zero-order chi connectivity index (χ0) is 15.6. The van der Waals surface area contributed by atoms with Crippen LogP contribution in [0.5, 0.6) is 0 Å². The van der Waals surface area contributed by atoms with E-state index in [1.165, 1.54) is 12.0 Å². The highest BCUT2D eigenvalue weighted by Gasteiger charge is 2.29. The molecule has 1 fully saturated rings.